The van der Waals surface area contributed by atoms with Crippen molar-refractivity contribution in [1.82, 2.24) is 5.32 Å². The van der Waals surface area contributed by atoms with Crippen molar-refractivity contribution < 1.29 is 9.47 Å². The predicted molar refractivity (Wildman–Crippen MR) is 118 cm³/mol. The molecule has 1 unspecified atom stereocenters. The molecule has 1 aliphatic heterocycles. The van der Waals surface area contributed by atoms with E-state index in [2.05, 4.69) is 24.4 Å². The molecule has 1 saturated heterocycles. The summed E-state index contributed by atoms with van der Waals surface area (Å²) in [6, 6.07) is 18.3. The summed E-state index contributed by atoms with van der Waals surface area (Å²) in [6.07, 6.45) is 5.70. The number of halogens is 1. The van der Waals surface area contributed by atoms with E-state index in [1.807, 2.05) is 42.5 Å². The van der Waals surface area contributed by atoms with Crippen LogP contribution in [-0.2, 0) is 0 Å². The molecule has 1 N–H and O–H groups in total. The molecule has 0 spiro atoms. The lowest BCUT2D eigenvalue weighted by molar-refractivity contribution is 0.247. The number of para-hydroxylation sites is 1. The van der Waals surface area contributed by atoms with Gasteiger partial charge in [-0.25, -0.2) is 0 Å². The van der Waals surface area contributed by atoms with Gasteiger partial charge < -0.3 is 14.8 Å². The molecule has 0 aliphatic carbocycles. The lowest BCUT2D eigenvalue weighted by atomic mass is 10.1. The molecule has 2 aromatic carbocycles. The van der Waals surface area contributed by atoms with Gasteiger partial charge in [-0.15, -0.1) is 12.4 Å². The van der Waals surface area contributed by atoms with E-state index in [0.717, 1.165) is 36.7 Å². The Balaban J connectivity index is 0.00000280. The van der Waals surface area contributed by atoms with E-state index >= 15 is 0 Å². The van der Waals surface area contributed by atoms with Crippen molar-refractivity contribution in [2.24, 2.45) is 4.99 Å². The minimum atomic E-state index is 0. The maximum Gasteiger partial charge on any atom is 0.119 e. The van der Waals surface area contributed by atoms with Crippen LogP contribution in [0, 0.1) is 0 Å². The second-order valence-electron chi connectivity index (χ2n) is 6.92. The number of aliphatic imine (C=N–C) groups is 1. The van der Waals surface area contributed by atoms with Gasteiger partial charge >= 0.3 is 0 Å². The summed E-state index contributed by atoms with van der Waals surface area (Å²) >= 11 is 0. The number of hydrogen-bond donors (Lipinski definition) is 1. The molecule has 1 atom stereocenters. The highest BCUT2D eigenvalue weighted by atomic mass is 35.5. The Kier molecular flexibility index (Phi) is 9.70. The third kappa shape index (κ3) is 7.43. The lowest BCUT2D eigenvalue weighted by Crippen LogP contribution is -2.22. The summed E-state index contributed by atoms with van der Waals surface area (Å²) in [5.41, 5.74) is 1.22. The van der Waals surface area contributed by atoms with E-state index in [1.165, 1.54) is 24.8 Å². The molecular weight excluding hydrogens is 372 g/mol. The fourth-order valence-electron chi connectivity index (χ4n) is 3.13. The highest BCUT2D eigenvalue weighted by molar-refractivity contribution is 5.85. The quantitative estimate of drug-likeness (QED) is 0.586. The summed E-state index contributed by atoms with van der Waals surface area (Å²) in [5, 5.41) is 3.46. The van der Waals surface area contributed by atoms with Crippen molar-refractivity contribution in [3.8, 4) is 11.5 Å². The van der Waals surface area contributed by atoms with Crippen molar-refractivity contribution in [3.05, 3.63) is 60.2 Å². The van der Waals surface area contributed by atoms with Gasteiger partial charge in [-0.3, -0.25) is 4.99 Å². The van der Waals surface area contributed by atoms with E-state index in [1.54, 1.807) is 0 Å². The average Bonchev–Trinajstić information content (AvgIpc) is 2.98. The predicted octanol–water partition coefficient (Wildman–Crippen LogP) is 5.58. The third-order valence-corrected chi connectivity index (χ3v) is 4.70. The maximum absolute atomic E-state index is 5.82. The van der Waals surface area contributed by atoms with Crippen molar-refractivity contribution in [2.75, 3.05) is 19.8 Å². The first-order valence-corrected chi connectivity index (χ1v) is 10.0. The normalized spacial score (nSPS) is 16.4. The zero-order chi connectivity index (χ0) is 18.7. The number of hydrogen-bond acceptors (Lipinski definition) is 3. The maximum atomic E-state index is 5.82. The zero-order valence-electron chi connectivity index (χ0n) is 16.6. The lowest BCUT2D eigenvalue weighted by Gasteiger charge is -2.12. The molecule has 4 nitrogen and oxygen atoms in total. The fraction of sp³-hybridized carbons (Fsp3) is 0.435. The van der Waals surface area contributed by atoms with Gasteiger partial charge in [0.05, 0.1) is 25.1 Å². The summed E-state index contributed by atoms with van der Waals surface area (Å²) < 4.78 is 11.5. The van der Waals surface area contributed by atoms with Gasteiger partial charge in [-0.05, 0) is 49.6 Å². The Morgan fingerprint density at radius 1 is 0.893 bits per heavy atom. The first-order valence-electron chi connectivity index (χ1n) is 10.0. The van der Waals surface area contributed by atoms with Gasteiger partial charge in [0.1, 0.15) is 11.5 Å². The van der Waals surface area contributed by atoms with E-state index in [-0.39, 0.29) is 18.4 Å². The molecule has 1 fully saturated rings. The zero-order valence-corrected chi connectivity index (χ0v) is 17.4. The van der Waals surface area contributed by atoms with Crippen molar-refractivity contribution >= 4 is 18.2 Å². The van der Waals surface area contributed by atoms with Gasteiger partial charge in [0, 0.05) is 19.4 Å². The molecule has 152 valence electrons. The Labute approximate surface area is 174 Å². The van der Waals surface area contributed by atoms with Crippen LogP contribution in [0.4, 0.5) is 0 Å². The molecule has 0 radical (unpaired) electrons. The number of nitrogens with zero attached hydrogens (tertiary/aromatic N) is 1. The Bertz CT molecular complexity index is 694. The topological polar surface area (TPSA) is 42.9 Å². The summed E-state index contributed by atoms with van der Waals surface area (Å²) in [6.45, 7) is 4.50. The molecule has 2 aromatic rings. The van der Waals surface area contributed by atoms with Crippen LogP contribution in [0.15, 0.2) is 59.6 Å². The monoisotopic (exact) mass is 402 g/mol. The molecule has 5 heteroatoms. The van der Waals surface area contributed by atoms with Crippen LogP contribution in [0.3, 0.4) is 0 Å². The molecule has 0 saturated carbocycles. The van der Waals surface area contributed by atoms with Gasteiger partial charge in [0.25, 0.3) is 0 Å². The highest BCUT2D eigenvalue weighted by Gasteiger charge is 2.09. The minimum absolute atomic E-state index is 0. The largest absolute Gasteiger partial charge is 0.493 e. The first-order chi connectivity index (χ1) is 13.3. The highest BCUT2D eigenvalue weighted by Crippen LogP contribution is 2.21. The second kappa shape index (κ2) is 12.3. The summed E-state index contributed by atoms with van der Waals surface area (Å²) in [7, 11) is 0. The standard InChI is InChI=1S/C23H30N2O2.ClH/c1-19(25-23-11-6-3-7-16-24-23)20-12-14-22(15-13-20)27-18-8-17-26-21-9-4-2-5-10-21;/h2,4-5,9-10,12-15,19H,3,6-8,11,16-18H2,1H3,(H,24,25);1H. The first kappa shape index (κ1) is 22.1. The second-order valence-corrected chi connectivity index (χ2v) is 6.92. The third-order valence-electron chi connectivity index (χ3n) is 4.70. The number of rotatable bonds is 8. The van der Waals surface area contributed by atoms with Gasteiger partial charge in [0.15, 0.2) is 0 Å². The van der Waals surface area contributed by atoms with E-state index in [0.29, 0.717) is 13.2 Å². The summed E-state index contributed by atoms with van der Waals surface area (Å²) in [5.74, 6) is 2.95. The molecule has 0 amide bonds. The van der Waals surface area contributed by atoms with E-state index in [4.69, 9.17) is 14.5 Å². The molecule has 1 heterocycles. The van der Waals surface area contributed by atoms with Crippen LogP contribution in [-0.4, -0.2) is 25.6 Å². The Morgan fingerprint density at radius 3 is 2.29 bits per heavy atom. The molecule has 0 bridgehead atoms. The SMILES string of the molecule is CC(N=C1CCCCCN1)c1ccc(OCCCOc2ccccc2)cc1.Cl. The molecule has 0 aromatic heterocycles. The van der Waals surface area contributed by atoms with Crippen molar-refractivity contribution in [3.63, 3.8) is 0 Å². The van der Waals surface area contributed by atoms with Crippen LogP contribution >= 0.6 is 12.4 Å². The van der Waals surface area contributed by atoms with Crippen LogP contribution < -0.4 is 14.8 Å². The smallest absolute Gasteiger partial charge is 0.119 e. The number of amidine groups is 1. The van der Waals surface area contributed by atoms with E-state index in [9.17, 15) is 0 Å². The fourth-order valence-corrected chi connectivity index (χ4v) is 3.13. The Hall–Kier alpha value is -2.20. The molecule has 28 heavy (non-hydrogen) atoms. The van der Waals surface area contributed by atoms with Crippen molar-refractivity contribution in [2.45, 2.75) is 45.1 Å². The van der Waals surface area contributed by atoms with Gasteiger partial charge in [-0.2, -0.15) is 0 Å². The Morgan fingerprint density at radius 2 is 1.57 bits per heavy atom. The van der Waals surface area contributed by atoms with Gasteiger partial charge in [0.2, 0.25) is 0 Å². The number of nitrogens with one attached hydrogen (secondary N) is 1. The number of ether oxygens (including phenoxy) is 2. The molecule has 3 rings (SSSR count). The van der Waals surface area contributed by atoms with Gasteiger partial charge in [-0.1, -0.05) is 36.8 Å². The van der Waals surface area contributed by atoms with E-state index < -0.39 is 0 Å². The molecule has 1 aliphatic rings. The average molecular weight is 403 g/mol. The molecular formula is C23H31ClN2O2. The van der Waals surface area contributed by atoms with Crippen LogP contribution in [0.2, 0.25) is 0 Å². The number of benzene rings is 2. The summed E-state index contributed by atoms with van der Waals surface area (Å²) in [4.78, 5) is 4.86. The van der Waals surface area contributed by atoms with Crippen LogP contribution in [0.1, 0.15) is 50.6 Å². The van der Waals surface area contributed by atoms with Crippen LogP contribution in [0.5, 0.6) is 11.5 Å². The van der Waals surface area contributed by atoms with Crippen LogP contribution in [0.25, 0.3) is 0 Å². The van der Waals surface area contributed by atoms with Crippen molar-refractivity contribution in [1.29, 1.82) is 0 Å². The minimum Gasteiger partial charge on any atom is -0.493 e.